The van der Waals surface area contributed by atoms with Gasteiger partial charge in [-0.2, -0.15) is 0 Å². The molecule has 1 aromatic rings. The van der Waals surface area contributed by atoms with Crippen molar-refractivity contribution in [3.8, 4) is 5.88 Å². The highest BCUT2D eigenvalue weighted by Crippen LogP contribution is 2.24. The van der Waals surface area contributed by atoms with Crippen molar-refractivity contribution in [3.05, 3.63) is 23.9 Å². The van der Waals surface area contributed by atoms with E-state index >= 15 is 0 Å². The van der Waals surface area contributed by atoms with Gasteiger partial charge in [-0.05, 0) is 19.4 Å². The minimum Gasteiger partial charge on any atom is -0.481 e. The predicted molar refractivity (Wildman–Crippen MR) is 79.8 cm³/mol. The summed E-state index contributed by atoms with van der Waals surface area (Å²) in [6, 6.07) is 3.28. The maximum absolute atomic E-state index is 13.0. The van der Waals surface area contributed by atoms with Crippen molar-refractivity contribution in [1.29, 1.82) is 0 Å². The molecule has 1 aliphatic rings. The molecule has 1 N–H and O–H groups in total. The molecule has 2 amide bonds. The Labute approximate surface area is 133 Å². The number of urea groups is 1. The number of alkyl halides is 2. The minimum absolute atomic E-state index is 0.102. The number of morpholine rings is 1. The van der Waals surface area contributed by atoms with Gasteiger partial charge in [-0.1, -0.05) is 6.07 Å². The number of aromatic nitrogens is 1. The molecule has 0 bridgehead atoms. The monoisotopic (exact) mass is 329 g/mol. The largest absolute Gasteiger partial charge is 0.481 e. The fourth-order valence-corrected chi connectivity index (χ4v) is 2.41. The lowest BCUT2D eigenvalue weighted by atomic mass is 10.1. The van der Waals surface area contributed by atoms with Gasteiger partial charge in [-0.15, -0.1) is 0 Å². The Balaban J connectivity index is 1.85. The quantitative estimate of drug-likeness (QED) is 0.893. The van der Waals surface area contributed by atoms with Gasteiger partial charge in [0.15, 0.2) is 0 Å². The summed E-state index contributed by atoms with van der Waals surface area (Å²) in [6.45, 7) is 1.95. The summed E-state index contributed by atoms with van der Waals surface area (Å²) >= 11 is 0. The summed E-state index contributed by atoms with van der Waals surface area (Å²) in [6.07, 6.45) is -0.475. The van der Waals surface area contributed by atoms with Gasteiger partial charge in [0.2, 0.25) is 5.88 Å². The Morgan fingerprint density at radius 1 is 1.61 bits per heavy atom. The molecule has 1 aromatic heterocycles. The zero-order valence-electron chi connectivity index (χ0n) is 13.2. The Bertz CT molecular complexity index is 544. The Hall–Kier alpha value is -1.96. The van der Waals surface area contributed by atoms with E-state index in [4.69, 9.17) is 9.47 Å². The molecule has 2 rings (SSSR count). The van der Waals surface area contributed by atoms with Gasteiger partial charge in [-0.25, -0.2) is 18.6 Å². The van der Waals surface area contributed by atoms with Crippen LogP contribution in [-0.2, 0) is 11.2 Å². The molecule has 1 atom stereocenters. The minimum atomic E-state index is -2.64. The van der Waals surface area contributed by atoms with E-state index in [-0.39, 0.29) is 19.2 Å². The van der Waals surface area contributed by atoms with Crippen LogP contribution in [-0.4, -0.2) is 61.3 Å². The molecule has 0 aromatic carbocycles. The fourth-order valence-electron chi connectivity index (χ4n) is 2.41. The van der Waals surface area contributed by atoms with E-state index in [2.05, 4.69) is 10.3 Å². The maximum Gasteiger partial charge on any atom is 0.317 e. The molecule has 1 aliphatic heterocycles. The van der Waals surface area contributed by atoms with E-state index < -0.39 is 12.0 Å². The highest BCUT2D eigenvalue weighted by atomic mass is 19.3. The molecule has 0 saturated carbocycles. The smallest absolute Gasteiger partial charge is 0.317 e. The lowest BCUT2D eigenvalue weighted by molar-refractivity contribution is -0.161. The third-order valence-corrected chi connectivity index (χ3v) is 3.76. The number of rotatable bonds is 5. The van der Waals surface area contributed by atoms with E-state index in [0.29, 0.717) is 25.4 Å². The first-order chi connectivity index (χ1) is 11.0. The topological polar surface area (TPSA) is 63.7 Å². The van der Waals surface area contributed by atoms with Crippen molar-refractivity contribution >= 4 is 6.03 Å². The molecule has 2 heterocycles. The van der Waals surface area contributed by atoms with Crippen LogP contribution in [0.3, 0.4) is 0 Å². The predicted octanol–water partition coefficient (Wildman–Crippen LogP) is 1.70. The molecular weight excluding hydrogens is 308 g/mol. The second kappa shape index (κ2) is 7.54. The lowest BCUT2D eigenvalue weighted by Crippen LogP contribution is -2.57. The van der Waals surface area contributed by atoms with Gasteiger partial charge in [-0.3, -0.25) is 0 Å². The number of ether oxygens (including phenoxy) is 2. The van der Waals surface area contributed by atoms with E-state index in [1.165, 1.54) is 18.9 Å². The summed E-state index contributed by atoms with van der Waals surface area (Å²) in [4.78, 5) is 17.6. The van der Waals surface area contributed by atoms with E-state index in [1.807, 2.05) is 6.07 Å². The number of hydrogen-bond donors (Lipinski definition) is 1. The molecule has 8 heteroatoms. The van der Waals surface area contributed by atoms with Gasteiger partial charge < -0.3 is 19.7 Å². The molecule has 1 fully saturated rings. The molecule has 128 valence electrons. The Morgan fingerprint density at radius 3 is 3.09 bits per heavy atom. The summed E-state index contributed by atoms with van der Waals surface area (Å²) in [7, 11) is 1.53. The fraction of sp³-hybridized carbons (Fsp3) is 0.600. The van der Waals surface area contributed by atoms with Crippen LogP contribution in [0, 0.1) is 0 Å². The van der Waals surface area contributed by atoms with Crippen molar-refractivity contribution in [2.24, 2.45) is 0 Å². The zero-order chi connectivity index (χ0) is 16.9. The number of nitrogens with zero attached hydrogens (tertiary/aromatic N) is 2. The third-order valence-electron chi connectivity index (χ3n) is 3.76. The zero-order valence-corrected chi connectivity index (χ0v) is 13.2. The van der Waals surface area contributed by atoms with E-state index in [0.717, 1.165) is 5.56 Å². The van der Waals surface area contributed by atoms with Crippen LogP contribution in [0.5, 0.6) is 5.88 Å². The third kappa shape index (κ3) is 4.28. The number of carbonyl (C=O) groups excluding carboxylic acids is 1. The van der Waals surface area contributed by atoms with Crippen molar-refractivity contribution in [1.82, 2.24) is 15.2 Å². The highest BCUT2D eigenvalue weighted by Gasteiger charge is 2.41. The van der Waals surface area contributed by atoms with Gasteiger partial charge in [0, 0.05) is 24.8 Å². The Morgan fingerprint density at radius 2 is 2.39 bits per heavy atom. The van der Waals surface area contributed by atoms with Gasteiger partial charge in [0.1, 0.15) is 5.60 Å². The number of nitrogens with one attached hydrogen (secondary N) is 1. The van der Waals surface area contributed by atoms with Crippen molar-refractivity contribution < 1.29 is 23.0 Å². The average Bonchev–Trinajstić information content (AvgIpc) is 2.55. The second-order valence-corrected chi connectivity index (χ2v) is 5.54. The first kappa shape index (κ1) is 17.4. The molecular formula is C15H21F2N3O3. The number of carbonyl (C=O) groups is 1. The van der Waals surface area contributed by atoms with Crippen LogP contribution in [0.2, 0.25) is 0 Å². The molecule has 6 nitrogen and oxygen atoms in total. The Kier molecular flexibility index (Phi) is 5.70. The van der Waals surface area contributed by atoms with Crippen LogP contribution in [0.25, 0.3) is 0 Å². The molecule has 0 aliphatic carbocycles. The number of amides is 2. The van der Waals surface area contributed by atoms with Crippen molar-refractivity contribution in [3.63, 3.8) is 0 Å². The summed E-state index contributed by atoms with van der Waals surface area (Å²) in [5.74, 6) is 0.512. The van der Waals surface area contributed by atoms with Crippen LogP contribution in [0.4, 0.5) is 13.6 Å². The summed E-state index contributed by atoms with van der Waals surface area (Å²) in [5.41, 5.74) is -0.739. The van der Waals surface area contributed by atoms with Gasteiger partial charge in [0.25, 0.3) is 6.43 Å². The molecule has 0 spiro atoms. The second-order valence-electron chi connectivity index (χ2n) is 5.54. The van der Waals surface area contributed by atoms with Crippen LogP contribution in [0.1, 0.15) is 12.5 Å². The SMILES string of the molecule is COc1ncccc1CCNC(=O)N1CCOC(C)(C(F)F)C1. The van der Waals surface area contributed by atoms with Crippen LogP contribution < -0.4 is 10.1 Å². The van der Waals surface area contributed by atoms with Crippen LogP contribution >= 0.6 is 0 Å². The lowest BCUT2D eigenvalue weighted by Gasteiger charge is -2.39. The van der Waals surface area contributed by atoms with Gasteiger partial charge in [0.05, 0.1) is 20.3 Å². The molecule has 1 saturated heterocycles. The standard InChI is InChI=1S/C15H21F2N3O3/c1-15(13(16)17)10-20(8-9-23-15)14(21)19-7-5-11-4-3-6-18-12(11)22-2/h3-4,6,13H,5,7-10H2,1-2H3,(H,19,21). The van der Waals surface area contributed by atoms with Crippen molar-refractivity contribution in [2.45, 2.75) is 25.4 Å². The first-order valence-corrected chi connectivity index (χ1v) is 7.39. The molecule has 1 unspecified atom stereocenters. The van der Waals surface area contributed by atoms with Crippen LogP contribution in [0.15, 0.2) is 18.3 Å². The summed E-state index contributed by atoms with van der Waals surface area (Å²) < 4.78 is 36.2. The molecule has 0 radical (unpaired) electrons. The van der Waals surface area contributed by atoms with Gasteiger partial charge >= 0.3 is 6.03 Å². The number of pyridine rings is 1. The summed E-state index contributed by atoms with van der Waals surface area (Å²) in [5, 5.41) is 2.73. The highest BCUT2D eigenvalue weighted by molar-refractivity contribution is 5.74. The average molecular weight is 329 g/mol. The molecule has 23 heavy (non-hydrogen) atoms. The van der Waals surface area contributed by atoms with E-state index in [9.17, 15) is 13.6 Å². The number of hydrogen-bond acceptors (Lipinski definition) is 4. The first-order valence-electron chi connectivity index (χ1n) is 7.39. The number of halogens is 2. The normalized spacial score (nSPS) is 21.3. The maximum atomic E-state index is 13.0. The number of methoxy groups -OCH3 is 1. The van der Waals surface area contributed by atoms with Crippen molar-refractivity contribution in [2.75, 3.05) is 33.4 Å². The van der Waals surface area contributed by atoms with E-state index in [1.54, 1.807) is 12.3 Å².